The summed E-state index contributed by atoms with van der Waals surface area (Å²) in [6.07, 6.45) is 2.31. The Morgan fingerprint density at radius 2 is 1.55 bits per heavy atom. The van der Waals surface area contributed by atoms with Gasteiger partial charge < -0.3 is 9.47 Å². The summed E-state index contributed by atoms with van der Waals surface area (Å²) in [4.78, 5) is 0. The molecule has 11 heavy (non-hydrogen) atoms. The van der Waals surface area contributed by atoms with Crippen molar-refractivity contribution in [2.75, 3.05) is 27.4 Å². The van der Waals surface area contributed by atoms with Crippen molar-refractivity contribution >= 4 is 0 Å². The van der Waals surface area contributed by atoms with Crippen LogP contribution in [0.3, 0.4) is 0 Å². The maximum Gasteiger partial charge on any atom is 0.0632 e. The molecule has 3 heteroatoms. The van der Waals surface area contributed by atoms with Crippen LogP contribution in [0.25, 0.3) is 0 Å². The van der Waals surface area contributed by atoms with E-state index in [9.17, 15) is 0 Å². The van der Waals surface area contributed by atoms with Crippen molar-refractivity contribution < 1.29 is 9.47 Å². The molecule has 0 aromatic heterocycles. The Hall–Kier alpha value is -0.120. The Bertz CT molecular complexity index is 96.3. The molecule has 0 amide bonds. The molecule has 2 atom stereocenters. The van der Waals surface area contributed by atoms with Crippen molar-refractivity contribution in [2.45, 2.75) is 24.9 Å². The Labute approximate surface area is 68.1 Å². The lowest BCUT2D eigenvalue weighted by molar-refractivity contribution is 0.151. The van der Waals surface area contributed by atoms with Crippen LogP contribution in [0.4, 0.5) is 0 Å². The minimum absolute atomic E-state index is 0.417. The van der Waals surface area contributed by atoms with Crippen molar-refractivity contribution in [2.24, 2.45) is 0 Å². The van der Waals surface area contributed by atoms with Crippen molar-refractivity contribution in [3.05, 3.63) is 0 Å². The van der Waals surface area contributed by atoms with Gasteiger partial charge in [0.25, 0.3) is 0 Å². The number of hydrogen-bond donors (Lipinski definition) is 0. The topological polar surface area (TPSA) is 32.6 Å². The fourth-order valence-electron chi connectivity index (χ4n) is 1.47. The molecule has 0 aliphatic carbocycles. The summed E-state index contributed by atoms with van der Waals surface area (Å²) in [6, 6.07) is 0.834. The summed E-state index contributed by atoms with van der Waals surface area (Å²) in [5.74, 6) is 0. The molecule has 1 aliphatic heterocycles. The first-order chi connectivity index (χ1) is 5.36. The molecule has 0 saturated carbocycles. The highest BCUT2D eigenvalue weighted by molar-refractivity contribution is 4.82. The third-order valence-corrected chi connectivity index (χ3v) is 1.97. The number of hydrogen-bond acceptors (Lipinski definition) is 2. The van der Waals surface area contributed by atoms with E-state index < -0.39 is 0 Å². The van der Waals surface area contributed by atoms with Gasteiger partial charge in [-0.1, -0.05) is 0 Å². The van der Waals surface area contributed by atoms with Crippen LogP contribution in [0.1, 0.15) is 12.8 Å². The summed E-state index contributed by atoms with van der Waals surface area (Å²) in [5.41, 5.74) is 0. The van der Waals surface area contributed by atoms with Crippen LogP contribution >= 0.6 is 0 Å². The van der Waals surface area contributed by atoms with Gasteiger partial charge >= 0.3 is 0 Å². The minimum Gasteiger partial charge on any atom is -0.383 e. The molecule has 1 fully saturated rings. The van der Waals surface area contributed by atoms with Crippen molar-refractivity contribution in [3.63, 3.8) is 0 Å². The molecule has 0 spiro atoms. The van der Waals surface area contributed by atoms with Crippen molar-refractivity contribution in [3.8, 4) is 0 Å². The first-order valence-corrected chi connectivity index (χ1v) is 4.04. The zero-order valence-corrected chi connectivity index (χ0v) is 7.25. The Balaban J connectivity index is 2.12. The Kier molecular flexibility index (Phi) is 3.83. The summed E-state index contributed by atoms with van der Waals surface area (Å²) in [6.45, 7) is 1.53. The third kappa shape index (κ3) is 2.77. The van der Waals surface area contributed by atoms with Gasteiger partial charge in [-0.05, 0) is 12.8 Å². The van der Waals surface area contributed by atoms with Crippen molar-refractivity contribution in [1.82, 2.24) is 5.32 Å². The fourth-order valence-corrected chi connectivity index (χ4v) is 1.47. The molecule has 3 nitrogen and oxygen atoms in total. The van der Waals surface area contributed by atoms with Gasteiger partial charge in [0.05, 0.1) is 13.2 Å². The van der Waals surface area contributed by atoms with Crippen LogP contribution in [0.5, 0.6) is 0 Å². The van der Waals surface area contributed by atoms with Gasteiger partial charge in [0.1, 0.15) is 0 Å². The normalized spacial score (nSPS) is 31.1. The van der Waals surface area contributed by atoms with Crippen LogP contribution in [-0.4, -0.2) is 39.5 Å². The summed E-state index contributed by atoms with van der Waals surface area (Å²) < 4.78 is 10.0. The lowest BCUT2D eigenvalue weighted by Gasteiger charge is -2.09. The minimum atomic E-state index is 0.417. The smallest absolute Gasteiger partial charge is 0.0632 e. The maximum absolute atomic E-state index is 5.02. The van der Waals surface area contributed by atoms with Gasteiger partial charge in [-0.2, -0.15) is 0 Å². The standard InChI is InChI=1S/C8H16NO2/c1-10-5-7-3-4-8(9-7)6-11-2/h7-8H,3-6H2,1-2H3. The van der Waals surface area contributed by atoms with Crippen LogP contribution in [0, 0.1) is 0 Å². The van der Waals surface area contributed by atoms with Crippen LogP contribution in [0.15, 0.2) is 0 Å². The fraction of sp³-hybridized carbons (Fsp3) is 1.00. The van der Waals surface area contributed by atoms with E-state index in [0.717, 1.165) is 26.1 Å². The lowest BCUT2D eigenvalue weighted by Crippen LogP contribution is -2.28. The molecular weight excluding hydrogens is 142 g/mol. The Morgan fingerprint density at radius 3 is 1.91 bits per heavy atom. The molecule has 1 heterocycles. The predicted molar refractivity (Wildman–Crippen MR) is 42.7 cm³/mol. The highest BCUT2D eigenvalue weighted by Crippen LogP contribution is 2.14. The van der Waals surface area contributed by atoms with E-state index in [2.05, 4.69) is 5.32 Å². The lowest BCUT2D eigenvalue weighted by atomic mass is 10.2. The summed E-state index contributed by atoms with van der Waals surface area (Å²) in [7, 11) is 3.44. The van der Waals surface area contributed by atoms with E-state index >= 15 is 0 Å². The van der Waals surface area contributed by atoms with E-state index in [1.165, 1.54) is 0 Å². The molecule has 0 aromatic rings. The van der Waals surface area contributed by atoms with Gasteiger partial charge in [-0.15, -0.1) is 0 Å². The largest absolute Gasteiger partial charge is 0.383 e. The molecule has 0 bridgehead atoms. The monoisotopic (exact) mass is 158 g/mol. The molecule has 1 aliphatic rings. The molecular formula is C8H16NO2. The first-order valence-electron chi connectivity index (χ1n) is 4.04. The summed E-state index contributed by atoms with van der Waals surface area (Å²) >= 11 is 0. The molecule has 65 valence electrons. The van der Waals surface area contributed by atoms with Gasteiger partial charge in [0, 0.05) is 26.3 Å². The zero-order valence-electron chi connectivity index (χ0n) is 7.25. The SMILES string of the molecule is COCC1CCC(COC)[N]1. The van der Waals surface area contributed by atoms with Crippen LogP contribution in [0.2, 0.25) is 0 Å². The van der Waals surface area contributed by atoms with Gasteiger partial charge in [-0.25, -0.2) is 5.32 Å². The highest BCUT2D eigenvalue weighted by atomic mass is 16.5. The second-order valence-electron chi connectivity index (χ2n) is 2.94. The number of nitrogens with zero attached hydrogens (tertiary/aromatic N) is 1. The summed E-state index contributed by atoms with van der Waals surface area (Å²) in [5, 5.41) is 4.52. The average molecular weight is 158 g/mol. The second kappa shape index (κ2) is 4.70. The molecule has 0 aromatic carbocycles. The second-order valence-corrected chi connectivity index (χ2v) is 2.94. The van der Waals surface area contributed by atoms with Crippen molar-refractivity contribution in [1.29, 1.82) is 0 Å². The van der Waals surface area contributed by atoms with Gasteiger partial charge in [0.2, 0.25) is 0 Å². The number of rotatable bonds is 4. The molecule has 0 N–H and O–H groups in total. The van der Waals surface area contributed by atoms with Crippen LogP contribution in [-0.2, 0) is 9.47 Å². The van der Waals surface area contributed by atoms with Crippen LogP contribution < -0.4 is 5.32 Å². The number of methoxy groups -OCH3 is 2. The van der Waals surface area contributed by atoms with E-state index in [0.29, 0.717) is 12.1 Å². The van der Waals surface area contributed by atoms with Gasteiger partial charge in [0.15, 0.2) is 0 Å². The zero-order chi connectivity index (χ0) is 8.10. The molecule has 2 unspecified atom stereocenters. The van der Waals surface area contributed by atoms with E-state index in [1.807, 2.05) is 0 Å². The average Bonchev–Trinajstić information content (AvgIpc) is 2.38. The molecule has 1 rings (SSSR count). The van der Waals surface area contributed by atoms with Gasteiger partial charge in [-0.3, -0.25) is 0 Å². The Morgan fingerprint density at radius 1 is 1.09 bits per heavy atom. The predicted octanol–water partition coefficient (Wildman–Crippen LogP) is 0.415. The van der Waals surface area contributed by atoms with E-state index in [1.54, 1.807) is 14.2 Å². The quantitative estimate of drug-likeness (QED) is 0.593. The number of ether oxygens (including phenoxy) is 2. The first kappa shape index (κ1) is 8.97. The maximum atomic E-state index is 5.02. The van der Waals surface area contributed by atoms with E-state index in [4.69, 9.17) is 9.47 Å². The molecule has 1 radical (unpaired) electrons. The highest BCUT2D eigenvalue weighted by Gasteiger charge is 2.24. The van der Waals surface area contributed by atoms with E-state index in [-0.39, 0.29) is 0 Å². The molecule has 1 saturated heterocycles. The third-order valence-electron chi connectivity index (χ3n) is 1.97.